The fourth-order valence-electron chi connectivity index (χ4n) is 4.85. The Kier molecular flexibility index (Phi) is 6.70. The Bertz CT molecular complexity index is 1140. The van der Waals surface area contributed by atoms with Crippen molar-refractivity contribution in [1.82, 2.24) is 4.31 Å². The van der Waals surface area contributed by atoms with Gasteiger partial charge in [-0.05, 0) is 73.8 Å². The predicted molar refractivity (Wildman–Crippen MR) is 126 cm³/mol. The summed E-state index contributed by atoms with van der Waals surface area (Å²) in [6.45, 7) is 5.19. The minimum absolute atomic E-state index is 0.205. The van der Waals surface area contributed by atoms with Crippen molar-refractivity contribution in [2.24, 2.45) is 11.8 Å². The maximum Gasteiger partial charge on any atom is 0.256 e. The van der Waals surface area contributed by atoms with E-state index >= 15 is 0 Å². The van der Waals surface area contributed by atoms with Gasteiger partial charge in [-0.1, -0.05) is 20.3 Å². The normalized spacial score (nSPS) is 21.9. The van der Waals surface area contributed by atoms with E-state index in [1.54, 1.807) is 16.4 Å². The molecule has 4 rings (SSSR count). The van der Waals surface area contributed by atoms with E-state index in [-0.39, 0.29) is 10.8 Å². The molecule has 1 fully saturated rings. The zero-order valence-electron chi connectivity index (χ0n) is 18.6. The third-order valence-electron chi connectivity index (χ3n) is 6.35. The number of thiophene rings is 1. The number of nitrogens with zero attached hydrogens (tertiary/aromatic N) is 2. The van der Waals surface area contributed by atoms with Crippen molar-refractivity contribution in [3.8, 4) is 6.07 Å². The number of aryl methyl sites for hydroxylation is 1. The Morgan fingerprint density at radius 1 is 1.09 bits per heavy atom. The number of benzene rings is 1. The number of nitrogens with one attached hydrogen (secondary N) is 1. The van der Waals surface area contributed by atoms with Crippen LogP contribution in [0, 0.1) is 23.2 Å². The SMILES string of the molecule is C[C@@H]1C[C@H](C)CN(S(=O)(=O)c2ccc(C(=O)Nc3sc4c(c3C#N)CCCCC4)cc2)C1. The van der Waals surface area contributed by atoms with Crippen LogP contribution in [0.5, 0.6) is 0 Å². The van der Waals surface area contributed by atoms with Gasteiger partial charge in [0.05, 0.1) is 10.5 Å². The molecule has 2 aromatic rings. The highest BCUT2D eigenvalue weighted by molar-refractivity contribution is 7.89. The molecular weight excluding hydrogens is 442 g/mol. The second-order valence-corrected chi connectivity index (χ2v) is 12.2. The molecule has 1 saturated heterocycles. The van der Waals surface area contributed by atoms with Crippen LogP contribution < -0.4 is 5.32 Å². The third-order valence-corrected chi connectivity index (χ3v) is 9.40. The number of fused-ring (bicyclic) bond motifs is 1. The summed E-state index contributed by atoms with van der Waals surface area (Å²) in [6, 6.07) is 8.37. The molecule has 32 heavy (non-hydrogen) atoms. The van der Waals surface area contributed by atoms with E-state index in [2.05, 4.69) is 25.2 Å². The van der Waals surface area contributed by atoms with Crippen molar-refractivity contribution < 1.29 is 13.2 Å². The van der Waals surface area contributed by atoms with Gasteiger partial charge in [0.1, 0.15) is 11.1 Å². The molecule has 0 spiro atoms. The minimum Gasteiger partial charge on any atom is -0.312 e. The lowest BCUT2D eigenvalue weighted by molar-refractivity contribution is 0.102. The number of hydrogen-bond acceptors (Lipinski definition) is 5. The average molecular weight is 472 g/mol. The quantitative estimate of drug-likeness (QED) is 0.648. The molecule has 2 aliphatic rings. The van der Waals surface area contributed by atoms with E-state index in [0.717, 1.165) is 37.7 Å². The number of nitriles is 1. The molecule has 0 saturated carbocycles. The Hall–Kier alpha value is -2.21. The number of anilines is 1. The monoisotopic (exact) mass is 471 g/mol. The van der Waals surface area contributed by atoms with Crippen molar-refractivity contribution in [2.75, 3.05) is 18.4 Å². The van der Waals surface area contributed by atoms with Crippen LogP contribution in [0.1, 0.15) is 65.9 Å². The highest BCUT2D eigenvalue weighted by Crippen LogP contribution is 2.37. The summed E-state index contributed by atoms with van der Waals surface area (Å²) in [4.78, 5) is 14.2. The topological polar surface area (TPSA) is 90.3 Å². The standard InChI is InChI=1S/C24H29N3O3S2/c1-16-12-17(2)15-27(14-16)32(29,30)19-10-8-18(9-11-19)23(28)26-24-21(13-25)20-6-4-3-5-7-22(20)31-24/h8-11,16-17H,3-7,12,14-15H2,1-2H3,(H,26,28)/t16-,17+. The largest absolute Gasteiger partial charge is 0.312 e. The zero-order chi connectivity index (χ0) is 22.9. The molecule has 6 nitrogen and oxygen atoms in total. The fourth-order valence-corrected chi connectivity index (χ4v) is 7.77. The Morgan fingerprint density at radius 3 is 2.41 bits per heavy atom. The number of piperidine rings is 1. The van der Waals surface area contributed by atoms with E-state index in [4.69, 9.17) is 0 Å². The van der Waals surface area contributed by atoms with Gasteiger partial charge in [0.2, 0.25) is 10.0 Å². The van der Waals surface area contributed by atoms with Crippen LogP contribution in [-0.2, 0) is 22.9 Å². The molecular formula is C24H29N3O3S2. The summed E-state index contributed by atoms with van der Waals surface area (Å²) in [7, 11) is -3.58. The maximum absolute atomic E-state index is 13.1. The molecule has 1 N–H and O–H groups in total. The molecule has 8 heteroatoms. The van der Waals surface area contributed by atoms with E-state index in [1.807, 2.05) is 0 Å². The van der Waals surface area contributed by atoms with Crippen LogP contribution in [0.4, 0.5) is 5.00 Å². The lowest BCUT2D eigenvalue weighted by atomic mass is 9.94. The van der Waals surface area contributed by atoms with Crippen LogP contribution in [0.2, 0.25) is 0 Å². The van der Waals surface area contributed by atoms with Crippen molar-refractivity contribution in [3.05, 3.63) is 45.8 Å². The minimum atomic E-state index is -3.58. The predicted octanol–water partition coefficient (Wildman–Crippen LogP) is 4.81. The van der Waals surface area contributed by atoms with Crippen LogP contribution in [0.3, 0.4) is 0 Å². The zero-order valence-corrected chi connectivity index (χ0v) is 20.2. The first-order chi connectivity index (χ1) is 15.3. The van der Waals surface area contributed by atoms with E-state index in [0.29, 0.717) is 41.1 Å². The van der Waals surface area contributed by atoms with Gasteiger partial charge in [-0.15, -0.1) is 11.3 Å². The molecule has 1 aliphatic carbocycles. The Balaban J connectivity index is 1.51. The van der Waals surface area contributed by atoms with E-state index in [9.17, 15) is 18.5 Å². The lowest BCUT2D eigenvalue weighted by Gasteiger charge is -2.34. The first kappa shape index (κ1) is 23.0. The van der Waals surface area contributed by atoms with Crippen LogP contribution in [0.25, 0.3) is 0 Å². The summed E-state index contributed by atoms with van der Waals surface area (Å²) in [5.41, 5.74) is 2.03. The number of carbonyl (C=O) groups excluding carboxylic acids is 1. The van der Waals surface area contributed by atoms with Gasteiger partial charge < -0.3 is 5.32 Å². The van der Waals surface area contributed by atoms with Gasteiger partial charge in [-0.3, -0.25) is 4.79 Å². The fraction of sp³-hybridized carbons (Fsp3) is 0.500. The number of sulfonamides is 1. The van der Waals surface area contributed by atoms with Crippen LogP contribution >= 0.6 is 11.3 Å². The summed E-state index contributed by atoms with van der Waals surface area (Å²) < 4.78 is 27.7. The van der Waals surface area contributed by atoms with Crippen molar-refractivity contribution in [3.63, 3.8) is 0 Å². The first-order valence-corrected chi connectivity index (χ1v) is 13.5. The molecule has 0 unspecified atom stereocenters. The molecule has 0 radical (unpaired) electrons. The van der Waals surface area contributed by atoms with Gasteiger partial charge in [0.15, 0.2) is 0 Å². The summed E-state index contributed by atoms with van der Waals surface area (Å²) in [5.74, 6) is 0.324. The molecule has 1 aromatic heterocycles. The van der Waals surface area contributed by atoms with E-state index < -0.39 is 10.0 Å². The van der Waals surface area contributed by atoms with Gasteiger partial charge in [0.25, 0.3) is 5.91 Å². The molecule has 2 heterocycles. The third kappa shape index (κ3) is 4.61. The van der Waals surface area contributed by atoms with Crippen molar-refractivity contribution in [2.45, 2.75) is 57.3 Å². The van der Waals surface area contributed by atoms with Crippen LogP contribution in [-0.4, -0.2) is 31.7 Å². The smallest absolute Gasteiger partial charge is 0.256 e. The summed E-state index contributed by atoms with van der Waals surface area (Å²) in [6.07, 6.45) is 6.20. The Labute approximate surface area is 194 Å². The lowest BCUT2D eigenvalue weighted by Crippen LogP contribution is -2.42. The molecule has 1 aromatic carbocycles. The highest BCUT2D eigenvalue weighted by atomic mass is 32.2. The van der Waals surface area contributed by atoms with Gasteiger partial charge in [-0.25, -0.2) is 8.42 Å². The maximum atomic E-state index is 13.1. The molecule has 1 aliphatic heterocycles. The average Bonchev–Trinajstić information content (AvgIpc) is 2.91. The highest BCUT2D eigenvalue weighted by Gasteiger charge is 2.31. The Morgan fingerprint density at radius 2 is 1.75 bits per heavy atom. The molecule has 2 atom stereocenters. The molecule has 0 bridgehead atoms. The second kappa shape index (κ2) is 9.34. The van der Waals surface area contributed by atoms with E-state index in [1.165, 1.54) is 34.8 Å². The van der Waals surface area contributed by atoms with Crippen molar-refractivity contribution in [1.29, 1.82) is 5.26 Å². The van der Waals surface area contributed by atoms with Crippen LogP contribution in [0.15, 0.2) is 29.2 Å². The number of rotatable bonds is 4. The van der Waals surface area contributed by atoms with Gasteiger partial charge in [0, 0.05) is 23.5 Å². The number of amides is 1. The molecule has 170 valence electrons. The summed E-state index contributed by atoms with van der Waals surface area (Å²) in [5, 5.41) is 13.1. The molecule has 1 amide bonds. The van der Waals surface area contributed by atoms with Gasteiger partial charge >= 0.3 is 0 Å². The number of hydrogen-bond donors (Lipinski definition) is 1. The first-order valence-electron chi connectivity index (χ1n) is 11.3. The van der Waals surface area contributed by atoms with Crippen molar-refractivity contribution >= 4 is 32.3 Å². The second-order valence-electron chi connectivity index (χ2n) is 9.13. The number of carbonyl (C=O) groups is 1. The summed E-state index contributed by atoms with van der Waals surface area (Å²) >= 11 is 1.49. The van der Waals surface area contributed by atoms with Gasteiger partial charge in [-0.2, -0.15) is 9.57 Å².